The largest absolute Gasteiger partial charge is 0.497 e. The van der Waals surface area contributed by atoms with Gasteiger partial charge in [-0.05, 0) is 36.4 Å². The number of urea groups is 1. The van der Waals surface area contributed by atoms with E-state index in [0.717, 1.165) is 32.2 Å². The van der Waals surface area contributed by atoms with E-state index in [9.17, 15) is 4.79 Å². The molecule has 1 atom stereocenters. The Kier molecular flexibility index (Phi) is 5.81. The summed E-state index contributed by atoms with van der Waals surface area (Å²) in [7, 11) is 3.20. The Hall–Kier alpha value is -2.21. The number of likely N-dealkylation sites (tertiary alicyclic amines) is 1. The van der Waals surface area contributed by atoms with E-state index in [1.165, 1.54) is 4.88 Å². The second-order valence-electron chi connectivity index (χ2n) is 6.07. The summed E-state index contributed by atoms with van der Waals surface area (Å²) in [5, 5.41) is 5.08. The molecule has 3 rings (SSSR count). The van der Waals surface area contributed by atoms with Crippen molar-refractivity contribution in [1.29, 1.82) is 0 Å². The van der Waals surface area contributed by atoms with Crippen molar-refractivity contribution >= 4 is 23.1 Å². The van der Waals surface area contributed by atoms with Crippen LogP contribution >= 0.6 is 11.3 Å². The third-order valence-corrected chi connectivity index (χ3v) is 5.51. The summed E-state index contributed by atoms with van der Waals surface area (Å²) in [4.78, 5) is 16.2. The molecule has 1 aliphatic rings. The van der Waals surface area contributed by atoms with Crippen LogP contribution in [0.1, 0.15) is 36.6 Å². The third kappa shape index (κ3) is 4.07. The number of thiophene rings is 1. The van der Waals surface area contributed by atoms with Crippen molar-refractivity contribution in [3.05, 3.63) is 40.6 Å². The van der Waals surface area contributed by atoms with Gasteiger partial charge in [0.05, 0.1) is 25.9 Å². The van der Waals surface area contributed by atoms with Gasteiger partial charge in [0.1, 0.15) is 11.5 Å². The first-order valence-electron chi connectivity index (χ1n) is 8.56. The maximum atomic E-state index is 13.0. The number of ether oxygens (including phenoxy) is 2. The van der Waals surface area contributed by atoms with Crippen LogP contribution in [-0.4, -0.2) is 31.7 Å². The number of anilines is 1. The molecule has 5 nitrogen and oxygen atoms in total. The van der Waals surface area contributed by atoms with Crippen LogP contribution in [0.3, 0.4) is 0 Å². The van der Waals surface area contributed by atoms with Crippen LogP contribution in [0.5, 0.6) is 11.5 Å². The monoisotopic (exact) mass is 360 g/mol. The summed E-state index contributed by atoms with van der Waals surface area (Å²) in [6.07, 6.45) is 4.34. The minimum absolute atomic E-state index is 0.0909. The SMILES string of the molecule is COc1ccc(OC)c(NC(=O)N2CCCCC[C@H]2c2cccs2)c1. The van der Waals surface area contributed by atoms with E-state index in [1.807, 2.05) is 17.0 Å². The number of hydrogen-bond donors (Lipinski definition) is 1. The van der Waals surface area contributed by atoms with Gasteiger partial charge in [-0.1, -0.05) is 18.9 Å². The number of hydrogen-bond acceptors (Lipinski definition) is 4. The number of benzene rings is 1. The molecule has 134 valence electrons. The van der Waals surface area contributed by atoms with Crippen molar-refractivity contribution in [1.82, 2.24) is 4.90 Å². The molecule has 6 heteroatoms. The molecule has 0 radical (unpaired) electrons. The zero-order valence-corrected chi connectivity index (χ0v) is 15.5. The summed E-state index contributed by atoms with van der Waals surface area (Å²) in [6.45, 7) is 0.765. The summed E-state index contributed by atoms with van der Waals surface area (Å²) in [5.74, 6) is 1.30. The molecule has 0 saturated carbocycles. The lowest BCUT2D eigenvalue weighted by molar-refractivity contribution is 0.190. The number of methoxy groups -OCH3 is 2. The number of amides is 2. The number of nitrogens with zero attached hydrogens (tertiary/aromatic N) is 1. The zero-order chi connectivity index (χ0) is 17.6. The third-order valence-electron chi connectivity index (χ3n) is 4.53. The summed E-state index contributed by atoms with van der Waals surface area (Å²) < 4.78 is 10.6. The molecule has 1 N–H and O–H groups in total. The Morgan fingerprint density at radius 2 is 2.08 bits per heavy atom. The van der Waals surface area contributed by atoms with E-state index in [2.05, 4.69) is 16.8 Å². The van der Waals surface area contributed by atoms with Crippen LogP contribution in [0.15, 0.2) is 35.7 Å². The number of rotatable bonds is 4. The molecule has 0 bridgehead atoms. The molecule has 0 unspecified atom stereocenters. The van der Waals surface area contributed by atoms with Crippen molar-refractivity contribution in [2.24, 2.45) is 0 Å². The van der Waals surface area contributed by atoms with Gasteiger partial charge in [-0.2, -0.15) is 0 Å². The number of carbonyl (C=O) groups is 1. The Bertz CT molecular complexity index is 703. The average Bonchev–Trinajstić information content (AvgIpc) is 3.05. The predicted molar refractivity (Wildman–Crippen MR) is 101 cm³/mol. The van der Waals surface area contributed by atoms with E-state index in [0.29, 0.717) is 17.2 Å². The smallest absolute Gasteiger partial charge is 0.322 e. The van der Waals surface area contributed by atoms with Gasteiger partial charge in [0, 0.05) is 17.5 Å². The lowest BCUT2D eigenvalue weighted by Gasteiger charge is -2.29. The summed E-state index contributed by atoms with van der Waals surface area (Å²) >= 11 is 1.71. The molecular formula is C19H24N2O3S. The molecule has 1 saturated heterocycles. The second kappa shape index (κ2) is 8.25. The quantitative estimate of drug-likeness (QED) is 0.842. The van der Waals surface area contributed by atoms with E-state index in [1.54, 1.807) is 37.7 Å². The normalized spacial score (nSPS) is 17.7. The van der Waals surface area contributed by atoms with E-state index in [4.69, 9.17) is 9.47 Å². The molecule has 2 heterocycles. The molecule has 2 amide bonds. The summed E-state index contributed by atoms with van der Waals surface area (Å²) in [5.41, 5.74) is 0.626. The fourth-order valence-electron chi connectivity index (χ4n) is 3.23. The molecule has 2 aromatic rings. The minimum atomic E-state index is -0.0909. The molecule has 1 aromatic heterocycles. The maximum absolute atomic E-state index is 13.0. The Morgan fingerprint density at radius 3 is 2.80 bits per heavy atom. The lowest BCUT2D eigenvalue weighted by Crippen LogP contribution is -2.37. The molecule has 1 fully saturated rings. The first-order chi connectivity index (χ1) is 12.2. The molecule has 0 aliphatic carbocycles. The highest BCUT2D eigenvalue weighted by atomic mass is 32.1. The standard InChI is InChI=1S/C19H24N2O3S/c1-23-14-9-10-17(24-2)15(13-14)20-19(22)21-11-5-3-4-7-16(21)18-8-6-12-25-18/h6,8-10,12-13,16H,3-5,7,11H2,1-2H3,(H,20,22)/t16-/m0/s1. The minimum Gasteiger partial charge on any atom is -0.497 e. The van der Waals surface area contributed by atoms with Crippen LogP contribution in [0.4, 0.5) is 10.5 Å². The first kappa shape index (κ1) is 17.6. The van der Waals surface area contributed by atoms with Crippen molar-refractivity contribution in [3.8, 4) is 11.5 Å². The number of nitrogens with one attached hydrogen (secondary N) is 1. The first-order valence-corrected chi connectivity index (χ1v) is 9.44. The van der Waals surface area contributed by atoms with Gasteiger partial charge in [-0.3, -0.25) is 0 Å². The maximum Gasteiger partial charge on any atom is 0.322 e. The van der Waals surface area contributed by atoms with Crippen LogP contribution in [0.2, 0.25) is 0 Å². The van der Waals surface area contributed by atoms with Crippen molar-refractivity contribution in [3.63, 3.8) is 0 Å². The zero-order valence-electron chi connectivity index (χ0n) is 14.7. The molecule has 1 aromatic carbocycles. The Morgan fingerprint density at radius 1 is 1.20 bits per heavy atom. The lowest BCUT2D eigenvalue weighted by atomic mass is 10.1. The highest BCUT2D eigenvalue weighted by Crippen LogP contribution is 2.34. The molecule has 0 spiro atoms. The Labute approximate surface area is 152 Å². The second-order valence-corrected chi connectivity index (χ2v) is 7.05. The van der Waals surface area contributed by atoms with E-state index < -0.39 is 0 Å². The predicted octanol–water partition coefficient (Wildman–Crippen LogP) is 4.91. The Balaban J connectivity index is 1.83. The van der Waals surface area contributed by atoms with Gasteiger partial charge in [0.15, 0.2) is 0 Å². The fraction of sp³-hybridized carbons (Fsp3) is 0.421. The van der Waals surface area contributed by atoms with Crippen molar-refractivity contribution in [2.45, 2.75) is 31.7 Å². The topological polar surface area (TPSA) is 50.8 Å². The van der Waals surface area contributed by atoms with Crippen LogP contribution in [0, 0.1) is 0 Å². The highest BCUT2D eigenvalue weighted by molar-refractivity contribution is 7.10. The van der Waals surface area contributed by atoms with E-state index in [-0.39, 0.29) is 12.1 Å². The van der Waals surface area contributed by atoms with Crippen LogP contribution in [0.25, 0.3) is 0 Å². The fourth-order valence-corrected chi connectivity index (χ4v) is 4.10. The average molecular weight is 360 g/mol. The van der Waals surface area contributed by atoms with Crippen molar-refractivity contribution < 1.29 is 14.3 Å². The molecule has 25 heavy (non-hydrogen) atoms. The summed E-state index contributed by atoms with van der Waals surface area (Å²) in [6, 6.07) is 9.61. The van der Waals surface area contributed by atoms with Gasteiger partial charge in [0.2, 0.25) is 0 Å². The molecular weight excluding hydrogens is 336 g/mol. The highest BCUT2D eigenvalue weighted by Gasteiger charge is 2.28. The van der Waals surface area contributed by atoms with Crippen molar-refractivity contribution in [2.75, 3.05) is 26.1 Å². The van der Waals surface area contributed by atoms with Gasteiger partial charge in [-0.15, -0.1) is 11.3 Å². The number of carbonyl (C=O) groups excluding carboxylic acids is 1. The van der Waals surface area contributed by atoms with Gasteiger partial charge in [-0.25, -0.2) is 4.79 Å². The van der Waals surface area contributed by atoms with E-state index >= 15 is 0 Å². The van der Waals surface area contributed by atoms with Crippen LogP contribution < -0.4 is 14.8 Å². The van der Waals surface area contributed by atoms with Crippen LogP contribution in [-0.2, 0) is 0 Å². The van der Waals surface area contributed by atoms with Gasteiger partial charge in [0.25, 0.3) is 0 Å². The van der Waals surface area contributed by atoms with Gasteiger partial charge >= 0.3 is 6.03 Å². The molecule has 1 aliphatic heterocycles. The van der Waals surface area contributed by atoms with Gasteiger partial charge < -0.3 is 19.7 Å².